The number of ketones is 1. The summed E-state index contributed by atoms with van der Waals surface area (Å²) in [5.74, 6) is 1.06. The maximum Gasteiger partial charge on any atom is 0.220 e. The van der Waals surface area contributed by atoms with Crippen LogP contribution in [0.15, 0.2) is 30.3 Å². The van der Waals surface area contributed by atoms with Crippen LogP contribution in [0.25, 0.3) is 0 Å². The van der Waals surface area contributed by atoms with Crippen LogP contribution in [0.4, 0.5) is 0 Å². The largest absolute Gasteiger partial charge is 0.497 e. The molecule has 134 valence electrons. The van der Waals surface area contributed by atoms with Gasteiger partial charge in [0, 0.05) is 18.4 Å². The average molecular weight is 382 g/mol. The summed E-state index contributed by atoms with van der Waals surface area (Å²) in [6.07, 6.45) is 0.260. The van der Waals surface area contributed by atoms with E-state index in [1.54, 1.807) is 38.5 Å². The van der Waals surface area contributed by atoms with Gasteiger partial charge in [0.05, 0.1) is 29.5 Å². The van der Waals surface area contributed by atoms with E-state index in [0.29, 0.717) is 20.7 Å². The first-order valence-electron chi connectivity index (χ1n) is 7.74. The molecule has 0 spiro atoms. The zero-order chi connectivity index (χ0) is 18.4. The molecule has 1 aromatic heterocycles. The van der Waals surface area contributed by atoms with E-state index in [4.69, 9.17) is 21.1 Å². The molecule has 2 aromatic rings. The predicted octanol–water partition coefficient (Wildman–Crippen LogP) is 4.26. The van der Waals surface area contributed by atoms with Crippen molar-refractivity contribution in [1.82, 2.24) is 5.32 Å². The third kappa shape index (κ3) is 5.21. The molecule has 7 heteroatoms. The molecule has 1 N–H and O–H groups in total. The van der Waals surface area contributed by atoms with Crippen LogP contribution in [0, 0.1) is 0 Å². The zero-order valence-corrected chi connectivity index (χ0v) is 15.9. The summed E-state index contributed by atoms with van der Waals surface area (Å²) >= 11 is 7.04. The third-order valence-electron chi connectivity index (χ3n) is 3.71. The molecule has 1 amide bonds. The quantitative estimate of drug-likeness (QED) is 0.694. The first-order valence-corrected chi connectivity index (χ1v) is 8.94. The molecule has 0 bridgehead atoms. The molecule has 0 aliphatic carbocycles. The second kappa shape index (κ2) is 8.87. The number of hydrogen-bond acceptors (Lipinski definition) is 5. The maximum absolute atomic E-state index is 12.2. The molecule has 0 radical (unpaired) electrons. The number of carbonyl (C=O) groups excluding carboxylic acids is 2. The molecule has 0 saturated carbocycles. The fourth-order valence-corrected chi connectivity index (χ4v) is 3.39. The fraction of sp³-hybridized carbons (Fsp3) is 0.333. The van der Waals surface area contributed by atoms with Gasteiger partial charge in [-0.2, -0.15) is 0 Å². The lowest BCUT2D eigenvalue weighted by Crippen LogP contribution is -2.27. The number of thiophene rings is 1. The Kier molecular flexibility index (Phi) is 6.84. The molecule has 0 saturated heterocycles. The number of Topliss-reactive ketones (excluding diaryl/α,β-unsaturated/α-hetero) is 1. The van der Waals surface area contributed by atoms with Gasteiger partial charge < -0.3 is 14.8 Å². The van der Waals surface area contributed by atoms with Crippen molar-refractivity contribution in [3.05, 3.63) is 45.1 Å². The number of halogens is 1. The van der Waals surface area contributed by atoms with Gasteiger partial charge in [-0.15, -0.1) is 11.3 Å². The zero-order valence-electron chi connectivity index (χ0n) is 14.3. The lowest BCUT2D eigenvalue weighted by atomic mass is 10.1. The number of methoxy groups -OCH3 is 2. The number of benzene rings is 1. The minimum absolute atomic E-state index is 0.0846. The van der Waals surface area contributed by atoms with E-state index in [1.807, 2.05) is 13.0 Å². The third-order valence-corrected chi connectivity index (χ3v) is 4.98. The summed E-state index contributed by atoms with van der Waals surface area (Å²) in [6, 6.07) is 8.49. The van der Waals surface area contributed by atoms with Crippen LogP contribution in [0.1, 0.15) is 41.0 Å². The van der Waals surface area contributed by atoms with Crippen molar-refractivity contribution in [2.24, 2.45) is 0 Å². The van der Waals surface area contributed by atoms with Crippen molar-refractivity contribution in [2.75, 3.05) is 14.2 Å². The highest BCUT2D eigenvalue weighted by molar-refractivity contribution is 7.18. The van der Waals surface area contributed by atoms with Crippen LogP contribution in [0.2, 0.25) is 4.34 Å². The van der Waals surface area contributed by atoms with Gasteiger partial charge in [0.2, 0.25) is 5.91 Å². The second-order valence-electron chi connectivity index (χ2n) is 5.42. The van der Waals surface area contributed by atoms with Crippen molar-refractivity contribution in [3.8, 4) is 11.5 Å². The van der Waals surface area contributed by atoms with Gasteiger partial charge in [-0.3, -0.25) is 9.59 Å². The van der Waals surface area contributed by atoms with Crippen LogP contribution in [0.5, 0.6) is 11.5 Å². The summed E-state index contributed by atoms with van der Waals surface area (Å²) < 4.78 is 11.1. The predicted molar refractivity (Wildman–Crippen MR) is 99.0 cm³/mol. The van der Waals surface area contributed by atoms with Crippen molar-refractivity contribution < 1.29 is 19.1 Å². The molecule has 0 aliphatic heterocycles. The SMILES string of the molecule is COc1ccc(OC)c([C@@H](C)NC(=O)CCC(=O)c2ccc(Cl)s2)c1. The molecule has 25 heavy (non-hydrogen) atoms. The van der Waals surface area contributed by atoms with Gasteiger partial charge in [-0.05, 0) is 37.3 Å². The Labute approximate surface area is 155 Å². The van der Waals surface area contributed by atoms with Crippen molar-refractivity contribution in [1.29, 1.82) is 0 Å². The van der Waals surface area contributed by atoms with E-state index in [2.05, 4.69) is 5.32 Å². The highest BCUT2D eigenvalue weighted by atomic mass is 35.5. The molecule has 5 nitrogen and oxygen atoms in total. The average Bonchev–Trinajstić information content (AvgIpc) is 3.05. The smallest absolute Gasteiger partial charge is 0.220 e. The van der Waals surface area contributed by atoms with Crippen molar-refractivity contribution in [3.63, 3.8) is 0 Å². The van der Waals surface area contributed by atoms with Crippen molar-refractivity contribution >= 4 is 34.6 Å². The second-order valence-corrected chi connectivity index (χ2v) is 7.14. The van der Waals surface area contributed by atoms with Gasteiger partial charge in [0.15, 0.2) is 5.78 Å². The van der Waals surface area contributed by atoms with Crippen LogP contribution in [-0.4, -0.2) is 25.9 Å². The fourth-order valence-electron chi connectivity index (χ4n) is 2.38. The number of nitrogens with one attached hydrogen (secondary N) is 1. The van der Waals surface area contributed by atoms with E-state index >= 15 is 0 Å². The first-order chi connectivity index (χ1) is 11.9. The Morgan fingerprint density at radius 3 is 2.52 bits per heavy atom. The van der Waals surface area contributed by atoms with Crippen LogP contribution in [0.3, 0.4) is 0 Å². The highest BCUT2D eigenvalue weighted by Gasteiger charge is 2.17. The van der Waals surface area contributed by atoms with Gasteiger partial charge in [0.1, 0.15) is 11.5 Å². The number of hydrogen-bond donors (Lipinski definition) is 1. The molecule has 1 atom stereocenters. The lowest BCUT2D eigenvalue weighted by molar-refractivity contribution is -0.121. The van der Waals surface area contributed by atoms with E-state index in [0.717, 1.165) is 5.56 Å². The van der Waals surface area contributed by atoms with Crippen LogP contribution < -0.4 is 14.8 Å². The maximum atomic E-state index is 12.2. The van der Waals surface area contributed by atoms with Gasteiger partial charge in [-0.1, -0.05) is 11.6 Å². The summed E-state index contributed by atoms with van der Waals surface area (Å²) in [7, 11) is 3.15. The van der Waals surface area contributed by atoms with E-state index in [-0.39, 0.29) is 30.6 Å². The normalized spacial score (nSPS) is 11.7. The van der Waals surface area contributed by atoms with E-state index < -0.39 is 0 Å². The standard InChI is InChI=1S/C18H20ClNO4S/c1-11(13-10-12(23-2)4-6-15(13)24-3)20-18(22)9-5-14(21)16-7-8-17(19)25-16/h4,6-8,10-11H,5,9H2,1-3H3,(H,20,22)/t11-/m1/s1. The topological polar surface area (TPSA) is 64.6 Å². The van der Waals surface area contributed by atoms with Crippen LogP contribution >= 0.6 is 22.9 Å². The Hall–Kier alpha value is -2.05. The van der Waals surface area contributed by atoms with Crippen LogP contribution in [-0.2, 0) is 4.79 Å². The molecule has 2 rings (SSSR count). The summed E-state index contributed by atoms with van der Waals surface area (Å²) in [6.45, 7) is 1.86. The summed E-state index contributed by atoms with van der Waals surface area (Å²) in [5.41, 5.74) is 0.812. The minimum Gasteiger partial charge on any atom is -0.497 e. The molecule has 0 aliphatic rings. The molecule has 1 heterocycles. The number of carbonyl (C=O) groups is 2. The van der Waals surface area contributed by atoms with E-state index in [1.165, 1.54) is 11.3 Å². The summed E-state index contributed by atoms with van der Waals surface area (Å²) in [5, 5.41) is 2.88. The molecular formula is C18H20ClNO4S. The van der Waals surface area contributed by atoms with Gasteiger partial charge in [0.25, 0.3) is 0 Å². The Balaban J connectivity index is 1.95. The minimum atomic E-state index is -0.274. The van der Waals surface area contributed by atoms with Gasteiger partial charge >= 0.3 is 0 Å². The van der Waals surface area contributed by atoms with E-state index in [9.17, 15) is 9.59 Å². The number of amides is 1. The lowest BCUT2D eigenvalue weighted by Gasteiger charge is -2.18. The molecule has 1 aromatic carbocycles. The molecule has 0 unspecified atom stereocenters. The van der Waals surface area contributed by atoms with Gasteiger partial charge in [-0.25, -0.2) is 0 Å². The Morgan fingerprint density at radius 2 is 1.92 bits per heavy atom. The molecule has 0 fully saturated rings. The number of rotatable bonds is 8. The molecular weight excluding hydrogens is 362 g/mol. The highest BCUT2D eigenvalue weighted by Crippen LogP contribution is 2.29. The Bertz CT molecular complexity index is 759. The monoisotopic (exact) mass is 381 g/mol. The van der Waals surface area contributed by atoms with Crippen molar-refractivity contribution in [2.45, 2.75) is 25.8 Å². The summed E-state index contributed by atoms with van der Waals surface area (Å²) in [4.78, 5) is 24.8. The first kappa shape index (κ1) is 19.3. The number of ether oxygens (including phenoxy) is 2. The Morgan fingerprint density at radius 1 is 1.16 bits per heavy atom.